The van der Waals surface area contributed by atoms with E-state index in [-0.39, 0.29) is 20.1 Å². The predicted octanol–water partition coefficient (Wildman–Crippen LogP) is -0.642. The molecule has 0 fully saturated rings. The van der Waals surface area contributed by atoms with Crippen LogP contribution in [0.25, 0.3) is 0 Å². The molecule has 0 bridgehead atoms. The Morgan fingerprint density at radius 2 is 1.40 bits per heavy atom. The van der Waals surface area contributed by atoms with Gasteiger partial charge in [0.05, 0.1) is 0 Å². The van der Waals surface area contributed by atoms with Gasteiger partial charge in [-0.05, 0) is 0 Å². The summed E-state index contributed by atoms with van der Waals surface area (Å²) < 4.78 is 8.74. The molecule has 0 aromatic carbocycles. The normalized spacial score (nSPS) is 7.00. The predicted molar refractivity (Wildman–Crippen MR) is 13.4 cm³/mol. The fourth-order valence-corrected chi connectivity index (χ4v) is 0. The van der Waals surface area contributed by atoms with Crippen LogP contribution in [0, 0.1) is 0 Å². The Morgan fingerprint density at radius 1 is 1.40 bits per heavy atom. The van der Waals surface area contributed by atoms with Crippen molar-refractivity contribution in [2.45, 2.75) is 0 Å². The first-order chi connectivity index (χ1) is 1.73. The van der Waals surface area contributed by atoms with E-state index in [1.54, 1.807) is 0 Å². The van der Waals surface area contributed by atoms with Crippen molar-refractivity contribution in [2.75, 3.05) is 0 Å². The molecule has 0 spiro atoms. The fraction of sp³-hybridized carbons (Fsp3) is 0. The molecule has 0 rings (SSSR count). The summed E-state index contributed by atoms with van der Waals surface area (Å²) in [6, 6.07) is 0. The summed E-state index contributed by atoms with van der Waals surface area (Å²) in [6.45, 7) is 0. The molecule has 0 aliphatic rings. The van der Waals surface area contributed by atoms with E-state index in [2.05, 4.69) is 0 Å². The van der Waals surface area contributed by atoms with Crippen LogP contribution >= 0.6 is 8.25 Å². The average Bonchev–Trinajstić information content (AvgIpc) is 0.811. The summed E-state index contributed by atoms with van der Waals surface area (Å²) in [4.78, 5) is 14.3. The molecular formula is H3O3PTc. The summed E-state index contributed by atoms with van der Waals surface area (Å²) >= 11 is 0. The van der Waals surface area contributed by atoms with Gasteiger partial charge in [0.2, 0.25) is 0 Å². The van der Waals surface area contributed by atoms with Gasteiger partial charge < -0.3 is 9.79 Å². The number of hydrogen-bond acceptors (Lipinski definition) is 1. The van der Waals surface area contributed by atoms with Crippen molar-refractivity contribution in [3.63, 3.8) is 0 Å². The molecule has 0 aromatic rings. The molecule has 0 unspecified atom stereocenters. The second-order valence-corrected chi connectivity index (χ2v) is 0.848. The zero-order chi connectivity index (χ0) is 3.58. The fourth-order valence-electron chi connectivity index (χ4n) is 0. The molecule has 0 saturated carbocycles. The van der Waals surface area contributed by atoms with Gasteiger partial charge in [-0.3, -0.25) is 4.57 Å². The third-order valence-corrected chi connectivity index (χ3v) is 0. The molecule has 5 heteroatoms. The van der Waals surface area contributed by atoms with Crippen molar-refractivity contribution in [1.82, 2.24) is 0 Å². The van der Waals surface area contributed by atoms with E-state index in [0.717, 1.165) is 0 Å². The number of hydrogen-bond donors (Lipinski definition) is 2. The first-order valence-electron chi connectivity index (χ1n) is 0.651. The van der Waals surface area contributed by atoms with Gasteiger partial charge in [0, 0.05) is 20.1 Å². The minimum absolute atomic E-state index is 0. The van der Waals surface area contributed by atoms with Gasteiger partial charge in [-0.1, -0.05) is 0 Å². The SMILES string of the molecule is O=[PH](O)O.[99Tc]. The van der Waals surface area contributed by atoms with Gasteiger partial charge in [0.15, 0.2) is 0 Å². The van der Waals surface area contributed by atoms with Crippen LogP contribution in [0.1, 0.15) is 0 Å². The van der Waals surface area contributed by atoms with Gasteiger partial charge in [0.25, 0.3) is 0 Å². The van der Waals surface area contributed by atoms with E-state index in [1.807, 2.05) is 0 Å². The molecule has 2 N–H and O–H groups in total. The zero-order valence-electron chi connectivity index (χ0n) is 2.18. The van der Waals surface area contributed by atoms with Crippen molar-refractivity contribution < 1.29 is 34.5 Å². The Labute approximate surface area is 43.3 Å². The molecule has 0 atom stereocenters. The summed E-state index contributed by atoms with van der Waals surface area (Å²) in [5.41, 5.74) is 0. The van der Waals surface area contributed by atoms with Crippen LogP contribution in [-0.4, -0.2) is 9.79 Å². The van der Waals surface area contributed by atoms with Gasteiger partial charge in [-0.15, -0.1) is 0 Å². The van der Waals surface area contributed by atoms with E-state index >= 15 is 0 Å². The van der Waals surface area contributed by atoms with Crippen molar-refractivity contribution in [3.05, 3.63) is 0 Å². The molecule has 0 aliphatic heterocycles. The van der Waals surface area contributed by atoms with Crippen LogP contribution in [0.4, 0.5) is 0 Å². The van der Waals surface area contributed by atoms with E-state index in [9.17, 15) is 0 Å². The van der Waals surface area contributed by atoms with Crippen LogP contribution in [0.5, 0.6) is 0 Å². The Morgan fingerprint density at radius 3 is 1.40 bits per heavy atom. The summed E-state index contributed by atoms with van der Waals surface area (Å²) in [7, 11) is -3.13. The van der Waals surface area contributed by atoms with Crippen LogP contribution < -0.4 is 0 Å². The van der Waals surface area contributed by atoms with Crippen LogP contribution in [-0.2, 0) is 24.7 Å². The largest absolute Gasteiger partial charge is 0.326 e. The Hall–Kier alpha value is 0.799. The summed E-state index contributed by atoms with van der Waals surface area (Å²) in [5.74, 6) is 0. The first kappa shape index (κ1) is 9.25. The van der Waals surface area contributed by atoms with E-state index in [4.69, 9.17) is 14.4 Å². The van der Waals surface area contributed by atoms with Gasteiger partial charge in [0.1, 0.15) is 0 Å². The maximum atomic E-state index is 8.74. The van der Waals surface area contributed by atoms with Crippen LogP contribution in [0.2, 0.25) is 0 Å². The third-order valence-electron chi connectivity index (χ3n) is 0. The molecule has 0 aromatic heterocycles. The van der Waals surface area contributed by atoms with Crippen molar-refractivity contribution in [3.8, 4) is 0 Å². The summed E-state index contributed by atoms with van der Waals surface area (Å²) in [6.07, 6.45) is 0. The van der Waals surface area contributed by atoms with E-state index in [0.29, 0.717) is 0 Å². The average molecular weight is 181 g/mol. The van der Waals surface area contributed by atoms with Crippen molar-refractivity contribution >= 4 is 8.25 Å². The zero-order valence-corrected chi connectivity index (χ0v) is 5.04. The molecule has 0 aliphatic carbocycles. The smallest absolute Gasteiger partial charge is 0.314 e. The molecule has 0 heterocycles. The first-order valence-corrected chi connectivity index (χ1v) is 1.95. The molecule has 1 radical (unpaired) electrons. The van der Waals surface area contributed by atoms with E-state index < -0.39 is 8.25 Å². The topological polar surface area (TPSA) is 57.5 Å². The molecule has 5 heavy (non-hydrogen) atoms. The molecule has 0 saturated heterocycles. The quantitative estimate of drug-likeness (QED) is 0.488. The minimum Gasteiger partial charge on any atom is -0.326 e. The van der Waals surface area contributed by atoms with Crippen LogP contribution in [0.3, 0.4) is 0 Å². The van der Waals surface area contributed by atoms with Crippen molar-refractivity contribution in [1.29, 1.82) is 0 Å². The Balaban J connectivity index is 0. The third kappa shape index (κ3) is 58.9. The molecule has 33 valence electrons. The Bertz CT molecular complexity index is 29.9. The van der Waals surface area contributed by atoms with Crippen molar-refractivity contribution in [2.24, 2.45) is 0 Å². The van der Waals surface area contributed by atoms with E-state index in [1.165, 1.54) is 0 Å². The van der Waals surface area contributed by atoms with Gasteiger partial charge in [-0.25, -0.2) is 0 Å². The van der Waals surface area contributed by atoms with Gasteiger partial charge in [-0.2, -0.15) is 0 Å². The number of rotatable bonds is 0. The Kier molecular flexibility index (Phi) is 8.88. The van der Waals surface area contributed by atoms with Crippen LogP contribution in [0.15, 0.2) is 0 Å². The maximum Gasteiger partial charge on any atom is 0.314 e. The standard InChI is InChI=1S/H3O3P.Tc/c1-4(2)3;/h4H,(H2,1,2,3);/i;1+1. The molecule has 0 amide bonds. The molecule has 3 nitrogen and oxygen atoms in total. The van der Waals surface area contributed by atoms with Gasteiger partial charge >= 0.3 is 8.25 Å². The minimum atomic E-state index is -3.13. The maximum absolute atomic E-state index is 8.74. The second-order valence-electron chi connectivity index (χ2n) is 0.283. The summed E-state index contributed by atoms with van der Waals surface area (Å²) in [5, 5.41) is 0. The second kappa shape index (κ2) is 4.80. The molecular weight excluding hydrogens is 178 g/mol. The monoisotopic (exact) mass is 181 g/mol.